The van der Waals surface area contributed by atoms with Crippen molar-refractivity contribution in [1.82, 2.24) is 15.3 Å². The Morgan fingerprint density at radius 2 is 2.24 bits per heavy atom. The lowest BCUT2D eigenvalue weighted by molar-refractivity contribution is 0.121. The van der Waals surface area contributed by atoms with Gasteiger partial charge in [-0.3, -0.25) is 0 Å². The maximum atomic E-state index is 5.33. The fourth-order valence-electron chi connectivity index (χ4n) is 1.97. The monoisotopic (exact) mass is 236 g/mol. The first-order valence-electron chi connectivity index (χ1n) is 6.13. The Kier molecular flexibility index (Phi) is 4.28. The number of rotatable bonds is 5. The Bertz CT molecular complexity index is 341. The Balaban J connectivity index is 1.94. The second kappa shape index (κ2) is 5.93. The van der Waals surface area contributed by atoms with Gasteiger partial charge in [0.25, 0.3) is 0 Å². The highest BCUT2D eigenvalue weighted by Crippen LogP contribution is 2.17. The van der Waals surface area contributed by atoms with E-state index in [4.69, 9.17) is 4.74 Å². The average Bonchev–Trinajstić information content (AvgIpc) is 2.86. The lowest BCUT2D eigenvalue weighted by Gasteiger charge is -2.15. The van der Waals surface area contributed by atoms with Gasteiger partial charge in [-0.2, -0.15) is 0 Å². The van der Waals surface area contributed by atoms with Gasteiger partial charge >= 0.3 is 0 Å². The summed E-state index contributed by atoms with van der Waals surface area (Å²) < 4.78 is 5.33. The van der Waals surface area contributed by atoms with Gasteiger partial charge in [0.15, 0.2) is 0 Å². The fourth-order valence-corrected chi connectivity index (χ4v) is 1.97. The molecule has 0 radical (unpaired) electrons. The van der Waals surface area contributed by atoms with E-state index in [0.717, 1.165) is 44.1 Å². The first-order valence-corrected chi connectivity index (χ1v) is 6.13. The second-order valence-electron chi connectivity index (χ2n) is 4.26. The van der Waals surface area contributed by atoms with Crippen molar-refractivity contribution in [3.63, 3.8) is 0 Å². The zero-order valence-corrected chi connectivity index (χ0v) is 10.5. The van der Waals surface area contributed by atoms with Gasteiger partial charge in [-0.15, -0.1) is 0 Å². The minimum atomic E-state index is 0.319. The van der Waals surface area contributed by atoms with Crippen LogP contribution in [0.5, 0.6) is 0 Å². The van der Waals surface area contributed by atoms with Gasteiger partial charge in [-0.25, -0.2) is 9.97 Å². The van der Waals surface area contributed by atoms with Crippen molar-refractivity contribution >= 4 is 5.95 Å². The summed E-state index contributed by atoms with van der Waals surface area (Å²) in [7, 11) is 1.76. The van der Waals surface area contributed by atoms with Crippen molar-refractivity contribution < 1.29 is 4.74 Å². The topological polar surface area (TPSA) is 50.3 Å². The standard InChI is InChI=1S/C12H20N4O/c1-3-13-6-10-7-14-12(15-8-10)16-5-4-11(9-16)17-2/h7-8,11,13H,3-6,9H2,1-2H3. The lowest BCUT2D eigenvalue weighted by Crippen LogP contribution is -2.24. The van der Waals surface area contributed by atoms with E-state index in [2.05, 4.69) is 27.1 Å². The summed E-state index contributed by atoms with van der Waals surface area (Å²) in [6.07, 6.45) is 5.16. The van der Waals surface area contributed by atoms with E-state index in [1.165, 1.54) is 0 Å². The largest absolute Gasteiger partial charge is 0.380 e. The summed E-state index contributed by atoms with van der Waals surface area (Å²) in [5, 5.41) is 3.26. The Morgan fingerprint density at radius 1 is 1.47 bits per heavy atom. The highest BCUT2D eigenvalue weighted by atomic mass is 16.5. The number of aromatic nitrogens is 2. The molecule has 1 aromatic rings. The molecule has 0 saturated carbocycles. The molecule has 1 aliphatic rings. The molecule has 1 saturated heterocycles. The molecule has 17 heavy (non-hydrogen) atoms. The average molecular weight is 236 g/mol. The molecule has 1 unspecified atom stereocenters. The number of methoxy groups -OCH3 is 1. The molecule has 1 fully saturated rings. The van der Waals surface area contributed by atoms with E-state index in [1.54, 1.807) is 7.11 Å². The molecule has 1 aromatic heterocycles. The number of nitrogens with one attached hydrogen (secondary N) is 1. The predicted octanol–water partition coefficient (Wildman–Crippen LogP) is 0.811. The van der Waals surface area contributed by atoms with Crippen molar-refractivity contribution in [3.8, 4) is 0 Å². The van der Waals surface area contributed by atoms with Crippen LogP contribution >= 0.6 is 0 Å². The maximum Gasteiger partial charge on any atom is 0.225 e. The summed E-state index contributed by atoms with van der Waals surface area (Å²) in [6.45, 7) is 5.75. The first kappa shape index (κ1) is 12.3. The Hall–Kier alpha value is -1.20. The van der Waals surface area contributed by atoms with E-state index in [9.17, 15) is 0 Å². The van der Waals surface area contributed by atoms with Crippen LogP contribution < -0.4 is 10.2 Å². The smallest absolute Gasteiger partial charge is 0.225 e. The van der Waals surface area contributed by atoms with Crippen molar-refractivity contribution in [2.75, 3.05) is 31.6 Å². The van der Waals surface area contributed by atoms with E-state index in [1.807, 2.05) is 12.4 Å². The third kappa shape index (κ3) is 3.14. The SMILES string of the molecule is CCNCc1cnc(N2CCC(OC)C2)nc1. The Morgan fingerprint density at radius 3 is 2.82 bits per heavy atom. The second-order valence-corrected chi connectivity index (χ2v) is 4.26. The van der Waals surface area contributed by atoms with Crippen molar-refractivity contribution in [2.24, 2.45) is 0 Å². The number of hydrogen-bond donors (Lipinski definition) is 1. The number of nitrogens with zero attached hydrogens (tertiary/aromatic N) is 3. The third-order valence-corrected chi connectivity index (χ3v) is 3.03. The van der Waals surface area contributed by atoms with Crippen LogP contribution in [0.2, 0.25) is 0 Å². The third-order valence-electron chi connectivity index (χ3n) is 3.03. The lowest BCUT2D eigenvalue weighted by atomic mass is 10.3. The van der Waals surface area contributed by atoms with Crippen molar-refractivity contribution in [1.29, 1.82) is 0 Å². The molecule has 0 aromatic carbocycles. The molecule has 0 amide bonds. The molecule has 5 heteroatoms. The summed E-state index contributed by atoms with van der Waals surface area (Å²) in [4.78, 5) is 11.0. The normalized spacial score (nSPS) is 19.9. The molecular formula is C12H20N4O. The molecule has 0 bridgehead atoms. The number of ether oxygens (including phenoxy) is 1. The van der Waals surface area contributed by atoms with Crippen LogP contribution in [-0.2, 0) is 11.3 Å². The molecular weight excluding hydrogens is 216 g/mol. The molecule has 2 heterocycles. The first-order chi connectivity index (χ1) is 8.33. The highest BCUT2D eigenvalue weighted by molar-refractivity contribution is 5.31. The van der Waals surface area contributed by atoms with Gasteiger partial charge in [-0.05, 0) is 13.0 Å². The summed E-state index contributed by atoms with van der Waals surface area (Å²) in [5.74, 6) is 0.810. The minimum absolute atomic E-state index is 0.319. The number of anilines is 1. The van der Waals surface area contributed by atoms with Crippen LogP contribution in [-0.4, -0.2) is 42.8 Å². The van der Waals surface area contributed by atoms with Crippen LogP contribution in [0.4, 0.5) is 5.95 Å². The van der Waals surface area contributed by atoms with Crippen molar-refractivity contribution in [2.45, 2.75) is 26.0 Å². The molecule has 1 N–H and O–H groups in total. The minimum Gasteiger partial charge on any atom is -0.380 e. The summed E-state index contributed by atoms with van der Waals surface area (Å²) in [5.41, 5.74) is 1.12. The van der Waals surface area contributed by atoms with E-state index >= 15 is 0 Å². The summed E-state index contributed by atoms with van der Waals surface area (Å²) in [6, 6.07) is 0. The zero-order chi connectivity index (χ0) is 12.1. The molecule has 2 rings (SSSR count). The van der Waals surface area contributed by atoms with Crippen LogP contribution in [0.15, 0.2) is 12.4 Å². The maximum absolute atomic E-state index is 5.33. The van der Waals surface area contributed by atoms with Crippen molar-refractivity contribution in [3.05, 3.63) is 18.0 Å². The summed E-state index contributed by atoms with van der Waals surface area (Å²) >= 11 is 0. The van der Waals surface area contributed by atoms with Gasteiger partial charge in [0.2, 0.25) is 5.95 Å². The Labute approximate surface area is 102 Å². The highest BCUT2D eigenvalue weighted by Gasteiger charge is 2.23. The number of hydrogen-bond acceptors (Lipinski definition) is 5. The molecule has 0 spiro atoms. The van der Waals surface area contributed by atoms with Gasteiger partial charge in [0.05, 0.1) is 6.10 Å². The molecule has 5 nitrogen and oxygen atoms in total. The van der Waals surface area contributed by atoms with E-state index in [0.29, 0.717) is 6.10 Å². The molecule has 1 aliphatic heterocycles. The fraction of sp³-hybridized carbons (Fsp3) is 0.667. The predicted molar refractivity (Wildman–Crippen MR) is 67.0 cm³/mol. The van der Waals surface area contributed by atoms with Crippen LogP contribution in [0.1, 0.15) is 18.9 Å². The molecule has 94 valence electrons. The molecule has 1 atom stereocenters. The molecule has 0 aliphatic carbocycles. The zero-order valence-electron chi connectivity index (χ0n) is 10.5. The van der Waals surface area contributed by atoms with E-state index < -0.39 is 0 Å². The van der Waals surface area contributed by atoms with Gasteiger partial charge in [-0.1, -0.05) is 6.92 Å². The van der Waals surface area contributed by atoms with Gasteiger partial charge < -0.3 is 15.0 Å². The van der Waals surface area contributed by atoms with Crippen LogP contribution in [0.25, 0.3) is 0 Å². The van der Waals surface area contributed by atoms with Crippen LogP contribution in [0.3, 0.4) is 0 Å². The quantitative estimate of drug-likeness (QED) is 0.820. The van der Waals surface area contributed by atoms with Gasteiger partial charge in [0.1, 0.15) is 0 Å². The van der Waals surface area contributed by atoms with Crippen LogP contribution in [0, 0.1) is 0 Å². The van der Waals surface area contributed by atoms with Gasteiger partial charge in [0, 0.05) is 44.7 Å². The van der Waals surface area contributed by atoms with E-state index in [-0.39, 0.29) is 0 Å².